The fourth-order valence-corrected chi connectivity index (χ4v) is 2.22. The molecule has 0 aliphatic heterocycles. The molecule has 0 aromatic rings. The molecular formula is C15H27N3O3. The lowest BCUT2D eigenvalue weighted by molar-refractivity contribution is -0.138. The van der Waals surface area contributed by atoms with Gasteiger partial charge in [-0.2, -0.15) is 5.26 Å². The second kappa shape index (κ2) is 10.0. The summed E-state index contributed by atoms with van der Waals surface area (Å²) in [5.41, 5.74) is 0. The van der Waals surface area contributed by atoms with E-state index in [4.69, 9.17) is 10.4 Å². The quantitative estimate of drug-likeness (QED) is 0.683. The van der Waals surface area contributed by atoms with Crippen molar-refractivity contribution in [3.63, 3.8) is 0 Å². The highest BCUT2D eigenvalue weighted by molar-refractivity contribution is 5.74. The van der Waals surface area contributed by atoms with E-state index < -0.39 is 5.97 Å². The van der Waals surface area contributed by atoms with Crippen molar-refractivity contribution in [3.8, 4) is 6.07 Å². The number of aliphatic carboxylic acids is 1. The van der Waals surface area contributed by atoms with Gasteiger partial charge in [0.25, 0.3) is 0 Å². The Bertz CT molecular complexity index is 377. The predicted octanol–water partition coefficient (Wildman–Crippen LogP) is 2.31. The Kier molecular flexibility index (Phi) is 9.18. The molecule has 0 bridgehead atoms. The van der Waals surface area contributed by atoms with Gasteiger partial charge in [0, 0.05) is 26.1 Å². The topological polar surface area (TPSA) is 93.4 Å². The number of carboxylic acids is 1. The maximum Gasteiger partial charge on any atom is 0.317 e. The minimum absolute atomic E-state index is 0.0547. The molecule has 2 amide bonds. The summed E-state index contributed by atoms with van der Waals surface area (Å²) in [7, 11) is 0. The van der Waals surface area contributed by atoms with E-state index >= 15 is 0 Å². The number of nitriles is 1. The molecule has 0 heterocycles. The molecule has 2 N–H and O–H groups in total. The minimum atomic E-state index is -0.847. The van der Waals surface area contributed by atoms with Gasteiger partial charge < -0.3 is 15.3 Å². The lowest BCUT2D eigenvalue weighted by Gasteiger charge is -2.24. The number of carbonyl (C=O) groups is 2. The van der Waals surface area contributed by atoms with Gasteiger partial charge in [-0.1, -0.05) is 13.8 Å². The van der Waals surface area contributed by atoms with Crippen molar-refractivity contribution in [2.24, 2.45) is 17.8 Å². The van der Waals surface area contributed by atoms with Gasteiger partial charge in [-0.15, -0.1) is 0 Å². The molecule has 0 radical (unpaired) electrons. The first-order valence-electron chi connectivity index (χ1n) is 7.44. The van der Waals surface area contributed by atoms with Crippen molar-refractivity contribution in [2.75, 3.05) is 19.6 Å². The molecule has 0 aromatic carbocycles. The van der Waals surface area contributed by atoms with Gasteiger partial charge >= 0.3 is 12.0 Å². The summed E-state index contributed by atoms with van der Waals surface area (Å²) in [6.07, 6.45) is 0.812. The zero-order valence-corrected chi connectivity index (χ0v) is 13.4. The Morgan fingerprint density at radius 3 is 2.38 bits per heavy atom. The van der Waals surface area contributed by atoms with Crippen LogP contribution in [0.25, 0.3) is 0 Å². The van der Waals surface area contributed by atoms with Gasteiger partial charge in [0.15, 0.2) is 0 Å². The summed E-state index contributed by atoms with van der Waals surface area (Å²) < 4.78 is 0. The van der Waals surface area contributed by atoms with Gasteiger partial charge in [0.05, 0.1) is 12.0 Å². The van der Waals surface area contributed by atoms with Crippen LogP contribution in [0, 0.1) is 29.1 Å². The molecule has 0 aliphatic rings. The molecule has 0 fully saturated rings. The van der Waals surface area contributed by atoms with Crippen LogP contribution >= 0.6 is 0 Å². The Morgan fingerprint density at radius 2 is 1.95 bits per heavy atom. The van der Waals surface area contributed by atoms with Gasteiger partial charge in [0.1, 0.15) is 0 Å². The summed E-state index contributed by atoms with van der Waals surface area (Å²) in [4.78, 5) is 24.5. The molecule has 0 saturated heterocycles. The minimum Gasteiger partial charge on any atom is -0.481 e. The van der Waals surface area contributed by atoms with E-state index in [1.807, 2.05) is 20.8 Å². The highest BCUT2D eigenvalue weighted by atomic mass is 16.4. The first-order chi connectivity index (χ1) is 9.79. The smallest absolute Gasteiger partial charge is 0.317 e. The summed E-state index contributed by atoms with van der Waals surface area (Å²) in [5.74, 6) is -0.757. The maximum atomic E-state index is 12.1. The summed E-state index contributed by atoms with van der Waals surface area (Å²) >= 11 is 0. The monoisotopic (exact) mass is 297 g/mol. The number of amides is 2. The van der Waals surface area contributed by atoms with Crippen molar-refractivity contribution in [3.05, 3.63) is 0 Å². The van der Waals surface area contributed by atoms with Gasteiger partial charge in [-0.25, -0.2) is 4.79 Å². The van der Waals surface area contributed by atoms with Crippen LogP contribution in [0.4, 0.5) is 4.79 Å². The standard InChI is InChI=1S/C15H27N3O3/c1-5-18(10-12(4)8-16)15(21)17-9-13(6-11(2)3)7-14(19)20/h11-13H,5-7,9-10H2,1-4H3,(H,17,21)(H,19,20). The van der Waals surface area contributed by atoms with Crippen molar-refractivity contribution in [2.45, 2.75) is 40.5 Å². The second-order valence-electron chi connectivity index (χ2n) is 5.85. The fourth-order valence-electron chi connectivity index (χ4n) is 2.22. The number of hydrogen-bond acceptors (Lipinski definition) is 3. The predicted molar refractivity (Wildman–Crippen MR) is 80.6 cm³/mol. The molecule has 0 aliphatic carbocycles. The molecule has 0 spiro atoms. The summed E-state index contributed by atoms with van der Waals surface area (Å²) in [6, 6.07) is 1.87. The van der Waals surface area contributed by atoms with Crippen LogP contribution in [0.3, 0.4) is 0 Å². The molecule has 120 valence electrons. The van der Waals surface area contributed by atoms with Crippen LogP contribution in [0.2, 0.25) is 0 Å². The molecule has 6 nitrogen and oxygen atoms in total. The molecule has 0 saturated carbocycles. The Labute approximate surface area is 127 Å². The summed E-state index contributed by atoms with van der Waals surface area (Å²) in [6.45, 7) is 8.93. The maximum absolute atomic E-state index is 12.1. The van der Waals surface area contributed by atoms with Crippen molar-refractivity contribution in [1.82, 2.24) is 10.2 Å². The van der Waals surface area contributed by atoms with E-state index in [0.29, 0.717) is 25.6 Å². The largest absolute Gasteiger partial charge is 0.481 e. The van der Waals surface area contributed by atoms with E-state index in [-0.39, 0.29) is 24.3 Å². The molecule has 0 rings (SSSR count). The zero-order valence-electron chi connectivity index (χ0n) is 13.4. The van der Waals surface area contributed by atoms with Crippen LogP contribution in [0.1, 0.15) is 40.5 Å². The molecule has 21 heavy (non-hydrogen) atoms. The molecular weight excluding hydrogens is 270 g/mol. The lowest BCUT2D eigenvalue weighted by Crippen LogP contribution is -2.43. The first-order valence-corrected chi connectivity index (χ1v) is 7.44. The van der Waals surface area contributed by atoms with E-state index in [9.17, 15) is 9.59 Å². The number of carbonyl (C=O) groups excluding carboxylic acids is 1. The molecule has 0 aromatic heterocycles. The number of hydrogen-bond donors (Lipinski definition) is 2. The van der Waals surface area contributed by atoms with Crippen LogP contribution in [0.5, 0.6) is 0 Å². The van der Waals surface area contributed by atoms with Crippen LogP contribution in [-0.2, 0) is 4.79 Å². The van der Waals surface area contributed by atoms with E-state index in [2.05, 4.69) is 11.4 Å². The van der Waals surface area contributed by atoms with Crippen LogP contribution < -0.4 is 5.32 Å². The fraction of sp³-hybridized carbons (Fsp3) is 0.800. The SMILES string of the molecule is CCN(CC(C)C#N)C(=O)NCC(CC(=O)O)CC(C)C. The third-order valence-electron chi connectivity index (χ3n) is 3.19. The van der Waals surface area contributed by atoms with Crippen LogP contribution in [-0.4, -0.2) is 41.6 Å². The lowest BCUT2D eigenvalue weighted by atomic mass is 9.94. The number of urea groups is 1. The van der Waals surface area contributed by atoms with E-state index in [1.54, 1.807) is 11.8 Å². The van der Waals surface area contributed by atoms with E-state index in [0.717, 1.165) is 6.42 Å². The van der Waals surface area contributed by atoms with Gasteiger partial charge in [-0.05, 0) is 32.1 Å². The average Bonchev–Trinajstić information content (AvgIpc) is 2.40. The van der Waals surface area contributed by atoms with Crippen molar-refractivity contribution in [1.29, 1.82) is 5.26 Å². The second-order valence-corrected chi connectivity index (χ2v) is 5.85. The average molecular weight is 297 g/mol. The Hall–Kier alpha value is -1.77. The number of nitrogens with zero attached hydrogens (tertiary/aromatic N) is 2. The van der Waals surface area contributed by atoms with Crippen molar-refractivity contribution >= 4 is 12.0 Å². The zero-order chi connectivity index (χ0) is 16.4. The third kappa shape index (κ3) is 8.90. The normalized spacial score (nSPS) is 13.3. The number of nitrogens with one attached hydrogen (secondary N) is 1. The molecule has 6 heteroatoms. The van der Waals surface area contributed by atoms with E-state index in [1.165, 1.54) is 0 Å². The molecule has 2 unspecified atom stereocenters. The van der Waals surface area contributed by atoms with Gasteiger partial charge in [0.2, 0.25) is 0 Å². The first kappa shape index (κ1) is 19.2. The Morgan fingerprint density at radius 1 is 1.33 bits per heavy atom. The van der Waals surface area contributed by atoms with Gasteiger partial charge in [-0.3, -0.25) is 4.79 Å². The third-order valence-corrected chi connectivity index (χ3v) is 3.19. The molecule has 2 atom stereocenters. The summed E-state index contributed by atoms with van der Waals surface area (Å²) in [5, 5.41) is 20.5. The van der Waals surface area contributed by atoms with Crippen molar-refractivity contribution < 1.29 is 14.7 Å². The Balaban J connectivity index is 4.44. The number of rotatable bonds is 9. The number of carboxylic acid groups (broad SMARTS) is 1. The highest BCUT2D eigenvalue weighted by Crippen LogP contribution is 2.15. The van der Waals surface area contributed by atoms with Crippen LogP contribution in [0.15, 0.2) is 0 Å². The highest BCUT2D eigenvalue weighted by Gasteiger charge is 2.19.